The number of benzene rings is 2. The molecule has 0 aliphatic heterocycles. The van der Waals surface area contributed by atoms with Gasteiger partial charge in [0.2, 0.25) is 0 Å². The molecule has 0 heterocycles. The minimum Gasteiger partial charge on any atom is -0.0651 e. The van der Waals surface area contributed by atoms with Crippen molar-refractivity contribution in [3.63, 3.8) is 0 Å². The number of hydrogen-bond acceptors (Lipinski definition) is 0. The Balaban J connectivity index is 2.20. The Kier molecular flexibility index (Phi) is 3.48. The van der Waals surface area contributed by atoms with Crippen LogP contribution in [-0.4, -0.2) is 0 Å². The maximum atomic E-state index is 2.28. The van der Waals surface area contributed by atoms with Crippen molar-refractivity contribution in [1.29, 1.82) is 0 Å². The molecule has 0 amide bonds. The smallest absolute Gasteiger partial charge is 0.0278 e. The molecule has 0 unspecified atom stereocenters. The van der Waals surface area contributed by atoms with Crippen LogP contribution in [0.15, 0.2) is 54.1 Å². The summed E-state index contributed by atoms with van der Waals surface area (Å²) in [5.74, 6) is 1.42. The monoisotopic (exact) mass is 261 g/mol. The van der Waals surface area contributed by atoms with E-state index in [2.05, 4.69) is 69.3 Å². The minimum atomic E-state index is 1.15. The van der Waals surface area contributed by atoms with E-state index >= 15 is 0 Å². The summed E-state index contributed by atoms with van der Waals surface area (Å²) in [6.07, 6.45) is 2.34. The van der Waals surface area contributed by atoms with Gasteiger partial charge in [-0.3, -0.25) is 0 Å². The van der Waals surface area contributed by atoms with E-state index in [9.17, 15) is 0 Å². The molecule has 20 heavy (non-hydrogen) atoms. The summed E-state index contributed by atoms with van der Waals surface area (Å²) in [4.78, 5) is 0. The maximum Gasteiger partial charge on any atom is 0.0278 e. The topological polar surface area (TPSA) is 0 Å². The van der Waals surface area contributed by atoms with Crippen LogP contribution in [0, 0.1) is 5.92 Å². The van der Waals surface area contributed by atoms with E-state index < -0.39 is 0 Å². The highest BCUT2D eigenvalue weighted by Gasteiger charge is 2.27. The largest absolute Gasteiger partial charge is 0.0651 e. The van der Waals surface area contributed by atoms with Crippen LogP contribution in [0.3, 0.4) is 0 Å². The van der Waals surface area contributed by atoms with Gasteiger partial charge in [0.05, 0.1) is 0 Å². The molecule has 0 spiro atoms. The van der Waals surface area contributed by atoms with Gasteiger partial charge >= 0.3 is 0 Å². The number of hydrogen-bond donors (Lipinski definition) is 0. The van der Waals surface area contributed by atoms with Gasteiger partial charge in [-0.1, -0.05) is 74.4 Å². The van der Waals surface area contributed by atoms with Gasteiger partial charge in [-0.15, -0.1) is 0 Å². The molecule has 0 fully saturated rings. The molecule has 1 aliphatic carbocycles. The number of fused-ring (bicyclic) bond motifs is 1. The van der Waals surface area contributed by atoms with Crippen LogP contribution >= 0.6 is 0 Å². The fraction of sp³-hybridized carbons (Fsp3) is 0.250. The Labute approximate surface area is 122 Å². The van der Waals surface area contributed by atoms with Crippen molar-refractivity contribution in [2.75, 3.05) is 0 Å². The summed E-state index contributed by atoms with van der Waals surface area (Å²) in [5.41, 5.74) is 8.53. The molecule has 2 aromatic rings. The molecule has 0 N–H and O–H groups in total. The van der Waals surface area contributed by atoms with E-state index in [1.807, 2.05) is 0 Å². The molecule has 0 heteroatoms. The third-order valence-corrected chi connectivity index (χ3v) is 4.34. The lowest BCUT2D eigenvalue weighted by Gasteiger charge is -2.12. The van der Waals surface area contributed by atoms with E-state index in [-0.39, 0.29) is 0 Å². The quantitative estimate of drug-likeness (QED) is 0.692. The normalized spacial score (nSPS) is 14.8. The van der Waals surface area contributed by atoms with Gasteiger partial charge < -0.3 is 0 Å². The molecule has 3 rings (SSSR count). The van der Waals surface area contributed by atoms with Crippen LogP contribution in [-0.2, 0) is 6.42 Å². The van der Waals surface area contributed by atoms with Crippen LogP contribution in [0.1, 0.15) is 49.4 Å². The fourth-order valence-corrected chi connectivity index (χ4v) is 3.22. The summed E-state index contributed by atoms with van der Waals surface area (Å²) in [6.45, 7) is 6.75. The average molecular weight is 261 g/mol. The van der Waals surface area contributed by atoms with Crippen LogP contribution < -0.4 is 0 Å². The number of allylic oxidation sites excluding steroid dienone is 1. The lowest BCUT2D eigenvalue weighted by atomic mass is 9.92. The first-order chi connectivity index (χ1) is 9.74. The van der Waals surface area contributed by atoms with Gasteiger partial charge in [0.15, 0.2) is 0 Å². The van der Waals surface area contributed by atoms with Gasteiger partial charge in [-0.25, -0.2) is 0 Å². The second-order valence-electron chi connectivity index (χ2n) is 5.58. The van der Waals surface area contributed by atoms with Gasteiger partial charge in [-0.05, 0) is 41.2 Å². The standard InChI is InChI=1S/C20H21/c1-4-9-16-10-5-6-12-18(16)20-15(3)14(2)17-11-7-8-13-19(17)20/h5-8,10-13H,4,9H2,1-3H3. The number of rotatable bonds is 3. The predicted octanol–water partition coefficient (Wildman–Crippen LogP) is 5.42. The highest BCUT2D eigenvalue weighted by atomic mass is 14.3. The summed E-state index contributed by atoms with van der Waals surface area (Å²) in [6, 6.07) is 17.6. The van der Waals surface area contributed by atoms with Gasteiger partial charge in [-0.2, -0.15) is 0 Å². The molecule has 0 bridgehead atoms. The fourth-order valence-electron chi connectivity index (χ4n) is 3.22. The Hall–Kier alpha value is -1.82. The Morgan fingerprint density at radius 1 is 0.750 bits per heavy atom. The van der Waals surface area contributed by atoms with Crippen molar-refractivity contribution in [3.8, 4) is 0 Å². The van der Waals surface area contributed by atoms with E-state index in [1.54, 1.807) is 0 Å². The van der Waals surface area contributed by atoms with Crippen molar-refractivity contribution < 1.29 is 0 Å². The first kappa shape index (κ1) is 13.2. The van der Waals surface area contributed by atoms with E-state index in [0.717, 1.165) is 6.42 Å². The number of aryl methyl sites for hydroxylation is 1. The van der Waals surface area contributed by atoms with Crippen molar-refractivity contribution in [1.82, 2.24) is 0 Å². The SMILES string of the molecule is CCCc1ccccc1C1=C(C)[C](C)c2ccccc21. The molecular weight excluding hydrogens is 240 g/mol. The second-order valence-corrected chi connectivity index (χ2v) is 5.58. The molecule has 1 aliphatic rings. The first-order valence-corrected chi connectivity index (χ1v) is 7.47. The van der Waals surface area contributed by atoms with E-state index in [1.165, 1.54) is 45.7 Å². The average Bonchev–Trinajstić information content (AvgIpc) is 2.73. The highest BCUT2D eigenvalue weighted by molar-refractivity contribution is 5.92. The third kappa shape index (κ3) is 2.00. The summed E-state index contributed by atoms with van der Waals surface area (Å²) in [5, 5.41) is 0. The first-order valence-electron chi connectivity index (χ1n) is 7.47. The summed E-state index contributed by atoms with van der Waals surface area (Å²) < 4.78 is 0. The zero-order valence-electron chi connectivity index (χ0n) is 12.5. The molecule has 0 saturated carbocycles. The van der Waals surface area contributed by atoms with E-state index in [4.69, 9.17) is 0 Å². The van der Waals surface area contributed by atoms with Gasteiger partial charge in [0.1, 0.15) is 0 Å². The maximum absolute atomic E-state index is 2.28. The lowest BCUT2D eigenvalue weighted by Crippen LogP contribution is -1.95. The third-order valence-electron chi connectivity index (χ3n) is 4.34. The molecule has 101 valence electrons. The molecule has 0 nitrogen and oxygen atoms in total. The molecular formula is C20H21. The zero-order chi connectivity index (χ0) is 14.1. The highest BCUT2D eigenvalue weighted by Crippen LogP contribution is 2.44. The Morgan fingerprint density at radius 2 is 1.35 bits per heavy atom. The van der Waals surface area contributed by atoms with Crippen molar-refractivity contribution in [3.05, 3.63) is 82.3 Å². The van der Waals surface area contributed by atoms with Crippen LogP contribution in [0.2, 0.25) is 0 Å². The van der Waals surface area contributed by atoms with Crippen LogP contribution in [0.25, 0.3) is 5.57 Å². The van der Waals surface area contributed by atoms with E-state index in [0.29, 0.717) is 0 Å². The summed E-state index contributed by atoms with van der Waals surface area (Å²) >= 11 is 0. The molecule has 0 aromatic heterocycles. The predicted molar refractivity (Wildman–Crippen MR) is 86.6 cm³/mol. The molecule has 0 atom stereocenters. The summed E-state index contributed by atoms with van der Waals surface area (Å²) in [7, 11) is 0. The van der Waals surface area contributed by atoms with Crippen molar-refractivity contribution >= 4 is 5.57 Å². The van der Waals surface area contributed by atoms with Crippen LogP contribution in [0.4, 0.5) is 0 Å². The zero-order valence-corrected chi connectivity index (χ0v) is 12.5. The molecule has 1 radical (unpaired) electrons. The van der Waals surface area contributed by atoms with Crippen molar-refractivity contribution in [2.24, 2.45) is 0 Å². The Bertz CT molecular complexity index is 661. The van der Waals surface area contributed by atoms with Crippen LogP contribution in [0.5, 0.6) is 0 Å². The Morgan fingerprint density at radius 3 is 2.05 bits per heavy atom. The lowest BCUT2D eigenvalue weighted by molar-refractivity contribution is 0.918. The molecule has 2 aromatic carbocycles. The van der Waals surface area contributed by atoms with Gasteiger partial charge in [0.25, 0.3) is 0 Å². The molecule has 0 saturated heterocycles. The van der Waals surface area contributed by atoms with Gasteiger partial charge in [0, 0.05) is 5.92 Å². The van der Waals surface area contributed by atoms with Crippen molar-refractivity contribution in [2.45, 2.75) is 33.6 Å². The minimum absolute atomic E-state index is 1.15. The second kappa shape index (κ2) is 5.28.